The molecule has 0 aromatic heterocycles. The Labute approximate surface area is 212 Å². The van der Waals surface area contributed by atoms with Crippen molar-refractivity contribution in [2.75, 3.05) is 42.5 Å². The molecular weight excluding hydrogens is 474 g/mol. The number of piperazine rings is 1. The van der Waals surface area contributed by atoms with E-state index in [9.17, 15) is 13.2 Å². The molecule has 3 aromatic carbocycles. The van der Waals surface area contributed by atoms with Crippen LogP contribution in [0.5, 0.6) is 5.75 Å². The zero-order valence-corrected chi connectivity index (χ0v) is 21.7. The number of rotatable bonds is 5. The molecule has 0 bridgehead atoms. The third-order valence-electron chi connectivity index (χ3n) is 7.05. The molecule has 2 aliphatic rings. The topological polar surface area (TPSA) is 70.2 Å². The quantitative estimate of drug-likeness (QED) is 0.522. The maximum absolute atomic E-state index is 13.4. The molecule has 0 N–H and O–H groups in total. The molecule has 1 amide bonds. The summed E-state index contributed by atoms with van der Waals surface area (Å²) >= 11 is 0. The van der Waals surface area contributed by atoms with E-state index in [1.54, 1.807) is 31.4 Å². The molecule has 1 atom stereocenters. The SMILES string of the molecule is COc1ccccc1N1CCN(C(=O)c2ccc3c(c2)C[C@H](C)N3S(=O)(=O)c2ccc(C)cc2)CC1. The van der Waals surface area contributed by atoms with Crippen LogP contribution in [0.2, 0.25) is 0 Å². The Morgan fingerprint density at radius 3 is 2.31 bits per heavy atom. The molecule has 5 rings (SSSR count). The molecule has 7 nitrogen and oxygen atoms in total. The first-order valence-corrected chi connectivity index (χ1v) is 13.6. The van der Waals surface area contributed by atoms with Gasteiger partial charge in [-0.25, -0.2) is 8.42 Å². The highest BCUT2D eigenvalue weighted by molar-refractivity contribution is 7.92. The van der Waals surface area contributed by atoms with E-state index in [2.05, 4.69) is 4.90 Å². The summed E-state index contributed by atoms with van der Waals surface area (Å²) in [5.74, 6) is 0.806. The standard InChI is InChI=1S/C28H31N3O4S/c1-20-8-11-24(12-9-20)36(33,34)31-21(2)18-23-19-22(10-13-25(23)31)28(32)30-16-14-29(15-17-30)26-6-4-5-7-27(26)35-3/h4-13,19,21H,14-18H2,1-3H3/t21-/m0/s1. The summed E-state index contributed by atoms with van der Waals surface area (Å²) in [6.07, 6.45) is 0.573. The van der Waals surface area contributed by atoms with Crippen LogP contribution >= 0.6 is 0 Å². The van der Waals surface area contributed by atoms with Crippen LogP contribution in [0, 0.1) is 6.92 Å². The molecule has 36 heavy (non-hydrogen) atoms. The minimum Gasteiger partial charge on any atom is -0.495 e. The average Bonchev–Trinajstić information content (AvgIpc) is 3.24. The number of aryl methyl sites for hydroxylation is 1. The molecule has 0 radical (unpaired) electrons. The number of ether oxygens (including phenoxy) is 1. The number of amides is 1. The molecule has 2 heterocycles. The van der Waals surface area contributed by atoms with Gasteiger partial charge in [-0.05, 0) is 68.3 Å². The number of methoxy groups -OCH3 is 1. The monoisotopic (exact) mass is 505 g/mol. The second-order valence-electron chi connectivity index (χ2n) is 9.46. The van der Waals surface area contributed by atoms with Crippen LogP contribution in [-0.4, -0.2) is 58.6 Å². The van der Waals surface area contributed by atoms with Crippen LogP contribution in [-0.2, 0) is 16.4 Å². The first-order chi connectivity index (χ1) is 17.3. The lowest BCUT2D eigenvalue weighted by Gasteiger charge is -2.36. The Bertz CT molecular complexity index is 1380. The lowest BCUT2D eigenvalue weighted by Crippen LogP contribution is -2.48. The Hall–Kier alpha value is -3.52. The van der Waals surface area contributed by atoms with E-state index in [0.29, 0.717) is 30.8 Å². The maximum atomic E-state index is 13.4. The lowest BCUT2D eigenvalue weighted by atomic mass is 10.1. The molecule has 188 valence electrons. The van der Waals surface area contributed by atoms with Gasteiger partial charge in [0, 0.05) is 37.8 Å². The summed E-state index contributed by atoms with van der Waals surface area (Å²) in [4.78, 5) is 17.7. The molecule has 2 aliphatic heterocycles. The van der Waals surface area contributed by atoms with Gasteiger partial charge in [-0.3, -0.25) is 9.10 Å². The number of hydrogen-bond donors (Lipinski definition) is 0. The Morgan fingerprint density at radius 1 is 0.917 bits per heavy atom. The van der Waals surface area contributed by atoms with Gasteiger partial charge in [0.2, 0.25) is 0 Å². The van der Waals surface area contributed by atoms with Crippen molar-refractivity contribution >= 4 is 27.3 Å². The predicted octanol–water partition coefficient (Wildman–Crippen LogP) is 4.11. The second-order valence-corrected chi connectivity index (χ2v) is 11.3. The number of anilines is 2. The smallest absolute Gasteiger partial charge is 0.264 e. The van der Waals surface area contributed by atoms with Gasteiger partial charge in [0.25, 0.3) is 15.9 Å². The number of benzene rings is 3. The van der Waals surface area contributed by atoms with Crippen molar-refractivity contribution in [1.82, 2.24) is 4.90 Å². The molecule has 8 heteroatoms. The van der Waals surface area contributed by atoms with E-state index >= 15 is 0 Å². The van der Waals surface area contributed by atoms with Crippen molar-refractivity contribution in [2.45, 2.75) is 31.2 Å². The Kier molecular flexibility index (Phi) is 6.38. The third-order valence-corrected chi connectivity index (χ3v) is 8.99. The van der Waals surface area contributed by atoms with E-state index in [-0.39, 0.29) is 16.8 Å². The van der Waals surface area contributed by atoms with Crippen LogP contribution in [0.3, 0.4) is 0 Å². The van der Waals surface area contributed by atoms with Crippen molar-refractivity contribution in [3.05, 3.63) is 83.4 Å². The minimum absolute atomic E-state index is 0.0232. The fourth-order valence-electron chi connectivity index (χ4n) is 5.15. The summed E-state index contributed by atoms with van der Waals surface area (Å²) in [7, 11) is -2.02. The highest BCUT2D eigenvalue weighted by Gasteiger charge is 2.36. The lowest BCUT2D eigenvalue weighted by molar-refractivity contribution is 0.0746. The summed E-state index contributed by atoms with van der Waals surface area (Å²) in [6, 6.07) is 20.0. The Morgan fingerprint density at radius 2 is 1.61 bits per heavy atom. The van der Waals surface area contributed by atoms with Gasteiger partial charge in [-0.1, -0.05) is 29.8 Å². The normalized spacial score (nSPS) is 17.8. The maximum Gasteiger partial charge on any atom is 0.264 e. The summed E-state index contributed by atoms with van der Waals surface area (Å²) < 4.78 is 33.8. The van der Waals surface area contributed by atoms with Gasteiger partial charge in [0.1, 0.15) is 5.75 Å². The molecule has 3 aromatic rings. The van der Waals surface area contributed by atoms with Gasteiger partial charge in [-0.2, -0.15) is 0 Å². The van der Waals surface area contributed by atoms with Crippen molar-refractivity contribution < 1.29 is 17.9 Å². The molecular formula is C28H31N3O4S. The van der Waals surface area contributed by atoms with E-state index in [1.165, 1.54) is 4.31 Å². The minimum atomic E-state index is -3.69. The van der Waals surface area contributed by atoms with Crippen LogP contribution in [0.25, 0.3) is 0 Å². The number of carbonyl (C=O) groups excluding carboxylic acids is 1. The summed E-state index contributed by atoms with van der Waals surface area (Å²) in [5, 5.41) is 0. The second kappa shape index (κ2) is 9.50. The van der Waals surface area contributed by atoms with E-state index in [4.69, 9.17) is 4.74 Å². The molecule has 0 unspecified atom stereocenters. The van der Waals surface area contributed by atoms with E-state index < -0.39 is 10.0 Å². The summed E-state index contributed by atoms with van der Waals surface area (Å²) in [6.45, 7) is 6.50. The number of sulfonamides is 1. The third kappa shape index (κ3) is 4.30. The number of fused-ring (bicyclic) bond motifs is 1. The predicted molar refractivity (Wildman–Crippen MR) is 142 cm³/mol. The summed E-state index contributed by atoms with van der Waals surface area (Å²) in [5.41, 5.74) is 4.18. The molecule has 0 aliphatic carbocycles. The van der Waals surface area contributed by atoms with E-state index in [1.807, 2.05) is 61.2 Å². The first-order valence-electron chi connectivity index (χ1n) is 12.2. The molecule has 0 spiro atoms. The zero-order chi connectivity index (χ0) is 25.4. The highest BCUT2D eigenvalue weighted by atomic mass is 32.2. The van der Waals surface area contributed by atoms with Gasteiger partial charge in [-0.15, -0.1) is 0 Å². The largest absolute Gasteiger partial charge is 0.495 e. The molecule has 0 saturated carbocycles. The van der Waals surface area contributed by atoms with Crippen LogP contribution in [0.1, 0.15) is 28.4 Å². The number of carbonyl (C=O) groups is 1. The zero-order valence-electron chi connectivity index (χ0n) is 20.8. The van der Waals surface area contributed by atoms with Crippen molar-refractivity contribution in [3.63, 3.8) is 0 Å². The van der Waals surface area contributed by atoms with Crippen molar-refractivity contribution in [3.8, 4) is 5.75 Å². The first kappa shape index (κ1) is 24.2. The van der Waals surface area contributed by atoms with Crippen LogP contribution in [0.4, 0.5) is 11.4 Å². The van der Waals surface area contributed by atoms with Gasteiger partial charge < -0.3 is 14.5 Å². The fourth-order valence-corrected chi connectivity index (χ4v) is 6.84. The van der Waals surface area contributed by atoms with Crippen molar-refractivity contribution in [2.24, 2.45) is 0 Å². The molecule has 1 saturated heterocycles. The number of para-hydroxylation sites is 2. The Balaban J connectivity index is 1.32. The van der Waals surface area contributed by atoms with Crippen molar-refractivity contribution in [1.29, 1.82) is 0 Å². The molecule has 1 fully saturated rings. The average molecular weight is 506 g/mol. The number of hydrogen-bond acceptors (Lipinski definition) is 5. The number of nitrogens with zero attached hydrogens (tertiary/aromatic N) is 3. The fraction of sp³-hybridized carbons (Fsp3) is 0.321. The highest BCUT2D eigenvalue weighted by Crippen LogP contribution is 2.37. The van der Waals surface area contributed by atoms with Crippen LogP contribution < -0.4 is 13.9 Å². The van der Waals surface area contributed by atoms with E-state index in [0.717, 1.165) is 35.7 Å². The van der Waals surface area contributed by atoms with Gasteiger partial charge in [0.05, 0.1) is 23.4 Å². The van der Waals surface area contributed by atoms with Gasteiger partial charge in [0.15, 0.2) is 0 Å². The van der Waals surface area contributed by atoms with Gasteiger partial charge >= 0.3 is 0 Å². The van der Waals surface area contributed by atoms with Crippen LogP contribution in [0.15, 0.2) is 71.6 Å².